The third-order valence-electron chi connectivity index (χ3n) is 5.12. The molecule has 0 N–H and O–H groups in total. The molecule has 0 heterocycles. The van der Waals surface area contributed by atoms with Gasteiger partial charge in [0.1, 0.15) is 0 Å². The first-order valence-electron chi connectivity index (χ1n) is 10.9. The van der Waals surface area contributed by atoms with Crippen LogP contribution in [0.5, 0.6) is 0 Å². The normalized spacial score (nSPS) is 13.2. The lowest BCUT2D eigenvalue weighted by Crippen LogP contribution is -2.28. The summed E-state index contributed by atoms with van der Waals surface area (Å²) in [7, 11) is -0.336. The van der Waals surface area contributed by atoms with Gasteiger partial charge in [0.25, 0.3) is 0 Å². The van der Waals surface area contributed by atoms with E-state index in [-0.39, 0.29) is 23.8 Å². The monoisotopic (exact) mass is 426 g/mol. The van der Waals surface area contributed by atoms with E-state index in [0.29, 0.717) is 0 Å². The largest absolute Gasteiger partial charge is 0.0700 e. The summed E-state index contributed by atoms with van der Waals surface area (Å²) < 4.78 is 0. The lowest BCUT2D eigenvalue weighted by atomic mass is 10.3. The second-order valence-corrected chi connectivity index (χ2v) is 19.7. The van der Waals surface area contributed by atoms with Crippen LogP contribution in [0.3, 0.4) is 0 Å². The third-order valence-corrected chi connectivity index (χ3v) is 14.4. The molecule has 1 rings (SSSR count). The summed E-state index contributed by atoms with van der Waals surface area (Å²) in [5.74, 6) is 0. The first-order valence-corrected chi connectivity index (χ1v) is 15.3. The summed E-state index contributed by atoms with van der Waals surface area (Å²) in [6, 6.07) is 7.90. The van der Waals surface area contributed by atoms with E-state index in [0.717, 1.165) is 34.0 Å². The highest BCUT2D eigenvalue weighted by Crippen LogP contribution is 2.50. The van der Waals surface area contributed by atoms with Gasteiger partial charge in [-0.05, 0) is 68.1 Å². The van der Waals surface area contributed by atoms with Crippen molar-refractivity contribution in [2.24, 2.45) is 0 Å². The Labute approximate surface area is 174 Å². The highest BCUT2D eigenvalue weighted by Gasteiger charge is 2.27. The first-order chi connectivity index (χ1) is 12.4. The van der Waals surface area contributed by atoms with Crippen molar-refractivity contribution in [3.63, 3.8) is 0 Å². The highest BCUT2D eigenvalue weighted by atomic mass is 31.1. The van der Waals surface area contributed by atoms with Crippen LogP contribution in [-0.2, 0) is 0 Å². The van der Waals surface area contributed by atoms with Gasteiger partial charge in [-0.25, -0.2) is 0 Å². The summed E-state index contributed by atoms with van der Waals surface area (Å²) >= 11 is 0. The Morgan fingerprint density at radius 1 is 0.370 bits per heavy atom. The molecular weight excluding hydrogens is 381 g/mol. The van der Waals surface area contributed by atoms with E-state index >= 15 is 0 Å². The van der Waals surface area contributed by atoms with Gasteiger partial charge < -0.3 is 0 Å². The predicted octanol–water partition coefficient (Wildman–Crippen LogP) is 7.46. The third kappa shape index (κ3) is 6.77. The zero-order chi connectivity index (χ0) is 21.0. The minimum absolute atomic E-state index is 0.112. The fourth-order valence-electron chi connectivity index (χ4n) is 4.60. The number of benzene rings is 1. The summed E-state index contributed by atoms with van der Waals surface area (Å²) in [6.45, 7) is 29.2. The minimum atomic E-state index is -0.112. The Balaban J connectivity index is 3.69. The molecule has 1 aromatic rings. The lowest BCUT2D eigenvalue weighted by molar-refractivity contribution is 1.02. The molecule has 0 unspecified atom stereocenters. The Morgan fingerprint density at radius 2 is 0.519 bits per heavy atom. The molecule has 0 aliphatic carbocycles. The molecule has 0 radical (unpaired) electrons. The number of hydrogen-bond donors (Lipinski definition) is 0. The minimum Gasteiger partial charge on any atom is -0.0700 e. The zero-order valence-corrected chi connectivity index (χ0v) is 22.7. The van der Waals surface area contributed by atoms with Gasteiger partial charge in [0.15, 0.2) is 0 Å². The van der Waals surface area contributed by atoms with Crippen molar-refractivity contribution < 1.29 is 0 Å². The van der Waals surface area contributed by atoms with Gasteiger partial charge >= 0.3 is 0 Å². The molecule has 0 saturated heterocycles. The maximum Gasteiger partial charge on any atom is -0.0223 e. The molecule has 0 aromatic heterocycles. The fourth-order valence-corrected chi connectivity index (χ4v) is 13.8. The van der Waals surface area contributed by atoms with Crippen molar-refractivity contribution in [3.05, 3.63) is 18.2 Å². The number of hydrogen-bond acceptors (Lipinski definition) is 0. The standard InChI is InChI=1S/C24H45P3/c1-16(2)25(17(3)4)22-13-23(26(18(5)6)19(7)8)15-24(14-22)27(20(9)10)21(11)12/h13-21H,1-12H3. The molecule has 0 fully saturated rings. The van der Waals surface area contributed by atoms with Crippen molar-refractivity contribution in [3.8, 4) is 0 Å². The Hall–Kier alpha value is 0.510. The van der Waals surface area contributed by atoms with E-state index in [1.807, 2.05) is 0 Å². The second kappa shape index (κ2) is 11.1. The van der Waals surface area contributed by atoms with Crippen LogP contribution in [0.25, 0.3) is 0 Å². The predicted molar refractivity (Wildman–Crippen MR) is 137 cm³/mol. The SMILES string of the molecule is CC(C)P(c1cc(P(C(C)C)C(C)C)cc(P(C(C)C)C(C)C)c1)C(C)C. The zero-order valence-electron chi connectivity index (χ0n) is 20.0. The molecule has 0 nitrogen and oxygen atoms in total. The average Bonchev–Trinajstić information content (AvgIpc) is 2.44. The molecule has 0 spiro atoms. The van der Waals surface area contributed by atoms with Gasteiger partial charge in [0, 0.05) is 0 Å². The lowest BCUT2D eigenvalue weighted by Gasteiger charge is -2.33. The molecule has 0 aliphatic heterocycles. The highest BCUT2D eigenvalue weighted by molar-refractivity contribution is 7.70. The van der Waals surface area contributed by atoms with Gasteiger partial charge in [0.2, 0.25) is 0 Å². The molecule has 1 aromatic carbocycles. The summed E-state index contributed by atoms with van der Waals surface area (Å²) in [6.07, 6.45) is 0. The summed E-state index contributed by atoms with van der Waals surface area (Å²) in [4.78, 5) is 0. The van der Waals surface area contributed by atoms with Crippen molar-refractivity contribution in [2.75, 3.05) is 0 Å². The maximum atomic E-state index is 2.63. The fraction of sp³-hybridized carbons (Fsp3) is 0.750. The van der Waals surface area contributed by atoms with Gasteiger partial charge in [-0.1, -0.05) is 107 Å². The van der Waals surface area contributed by atoms with E-state index < -0.39 is 0 Å². The van der Waals surface area contributed by atoms with E-state index in [2.05, 4.69) is 101 Å². The van der Waals surface area contributed by atoms with Crippen LogP contribution in [0.2, 0.25) is 0 Å². The Bertz CT molecular complexity index is 456. The maximum absolute atomic E-state index is 2.63. The molecule has 0 saturated carbocycles. The molecule has 0 atom stereocenters. The summed E-state index contributed by atoms with van der Waals surface area (Å²) in [5, 5.41) is 5.01. The van der Waals surface area contributed by atoms with Crippen molar-refractivity contribution >= 4 is 39.7 Å². The van der Waals surface area contributed by atoms with Crippen molar-refractivity contribution in [2.45, 2.75) is 117 Å². The van der Waals surface area contributed by atoms with Crippen LogP contribution in [0.4, 0.5) is 0 Å². The topological polar surface area (TPSA) is 0 Å². The molecule has 0 amide bonds. The van der Waals surface area contributed by atoms with E-state index in [1.165, 1.54) is 0 Å². The molecule has 3 heteroatoms. The Morgan fingerprint density at radius 3 is 0.630 bits per heavy atom. The number of rotatable bonds is 9. The molecule has 27 heavy (non-hydrogen) atoms. The molecule has 156 valence electrons. The van der Waals surface area contributed by atoms with Gasteiger partial charge in [-0.15, -0.1) is 0 Å². The molecule has 0 aliphatic rings. The molecular formula is C24H45P3. The van der Waals surface area contributed by atoms with Crippen LogP contribution in [0, 0.1) is 0 Å². The van der Waals surface area contributed by atoms with E-state index in [9.17, 15) is 0 Å². The first kappa shape index (κ1) is 25.5. The van der Waals surface area contributed by atoms with Gasteiger partial charge in [-0.3, -0.25) is 0 Å². The van der Waals surface area contributed by atoms with Gasteiger partial charge in [0.05, 0.1) is 0 Å². The second-order valence-electron chi connectivity index (χ2n) is 9.49. The Kier molecular flexibility index (Phi) is 10.5. The van der Waals surface area contributed by atoms with Gasteiger partial charge in [-0.2, -0.15) is 0 Å². The van der Waals surface area contributed by atoms with Crippen molar-refractivity contribution in [1.29, 1.82) is 0 Å². The van der Waals surface area contributed by atoms with E-state index in [1.54, 1.807) is 15.9 Å². The molecule has 0 bridgehead atoms. The van der Waals surface area contributed by atoms with Crippen LogP contribution >= 0.6 is 23.8 Å². The smallest absolute Gasteiger partial charge is 0.0223 e. The van der Waals surface area contributed by atoms with Crippen LogP contribution in [0.1, 0.15) is 83.1 Å². The van der Waals surface area contributed by atoms with Crippen LogP contribution < -0.4 is 15.9 Å². The van der Waals surface area contributed by atoms with Crippen LogP contribution in [0.15, 0.2) is 18.2 Å². The van der Waals surface area contributed by atoms with Crippen molar-refractivity contribution in [1.82, 2.24) is 0 Å². The quantitative estimate of drug-likeness (QED) is 0.360. The van der Waals surface area contributed by atoms with E-state index in [4.69, 9.17) is 0 Å². The summed E-state index contributed by atoms with van der Waals surface area (Å²) in [5.41, 5.74) is 4.48. The van der Waals surface area contributed by atoms with Crippen LogP contribution in [-0.4, -0.2) is 34.0 Å². The average molecular weight is 427 g/mol.